The average Bonchev–Trinajstić information content (AvgIpc) is 2.69. The molecular weight excluding hydrogens is 202 g/mol. The summed E-state index contributed by atoms with van der Waals surface area (Å²) >= 11 is 1.56. The van der Waals surface area contributed by atoms with Crippen LogP contribution in [-0.2, 0) is 11.2 Å². The summed E-state index contributed by atoms with van der Waals surface area (Å²) in [6, 6.07) is -0.888. The molecule has 1 atom stereocenters. The smallest absolute Gasteiger partial charge is 0.320 e. The Morgan fingerprint density at radius 1 is 1.79 bits per heavy atom. The predicted octanol–water partition coefficient (Wildman–Crippen LogP) is 0.350. The summed E-state index contributed by atoms with van der Waals surface area (Å²) in [5.41, 5.74) is 5.42. The molecule has 0 aliphatic heterocycles. The Kier molecular flexibility index (Phi) is 2.22. The molecule has 0 aliphatic rings. The van der Waals surface area contributed by atoms with Gasteiger partial charge in [-0.2, -0.15) is 0 Å². The monoisotopic (exact) mass is 211 g/mol. The zero-order valence-corrected chi connectivity index (χ0v) is 8.07. The van der Waals surface area contributed by atoms with Gasteiger partial charge in [-0.05, 0) is 0 Å². The van der Waals surface area contributed by atoms with Gasteiger partial charge in [0.25, 0.3) is 0 Å². The molecule has 0 aromatic carbocycles. The molecule has 2 rings (SSSR count). The molecule has 0 aliphatic carbocycles. The van der Waals surface area contributed by atoms with Crippen molar-refractivity contribution in [3.63, 3.8) is 0 Å². The minimum Gasteiger partial charge on any atom is -0.480 e. The number of carboxylic acids is 1. The van der Waals surface area contributed by atoms with Crippen LogP contribution < -0.4 is 5.73 Å². The van der Waals surface area contributed by atoms with Crippen LogP contribution in [0.3, 0.4) is 0 Å². The van der Waals surface area contributed by atoms with Crippen molar-refractivity contribution in [2.24, 2.45) is 5.73 Å². The van der Waals surface area contributed by atoms with Crippen molar-refractivity contribution >= 4 is 22.1 Å². The number of nitrogens with two attached hydrogens (primary N) is 1. The second kappa shape index (κ2) is 3.39. The number of thiazole rings is 1. The average molecular weight is 211 g/mol. The maximum Gasteiger partial charge on any atom is 0.320 e. The Hall–Kier alpha value is -1.40. The number of fused-ring (bicyclic) bond motifs is 1. The fourth-order valence-corrected chi connectivity index (χ4v) is 1.94. The number of hydrogen-bond donors (Lipinski definition) is 2. The second-order valence-corrected chi connectivity index (χ2v) is 3.86. The lowest BCUT2D eigenvalue weighted by molar-refractivity contribution is -0.138. The fourth-order valence-electron chi connectivity index (χ4n) is 1.22. The van der Waals surface area contributed by atoms with Crippen LogP contribution in [0.15, 0.2) is 17.8 Å². The van der Waals surface area contributed by atoms with E-state index in [1.807, 2.05) is 16.0 Å². The van der Waals surface area contributed by atoms with E-state index in [-0.39, 0.29) is 6.42 Å². The van der Waals surface area contributed by atoms with E-state index in [2.05, 4.69) is 4.98 Å². The highest BCUT2D eigenvalue weighted by Crippen LogP contribution is 2.13. The number of rotatable bonds is 3. The highest BCUT2D eigenvalue weighted by molar-refractivity contribution is 7.15. The van der Waals surface area contributed by atoms with Gasteiger partial charge in [-0.25, -0.2) is 4.98 Å². The number of aromatic nitrogens is 2. The number of imidazole rings is 1. The van der Waals surface area contributed by atoms with Gasteiger partial charge in [0.15, 0.2) is 0 Å². The van der Waals surface area contributed by atoms with Crippen molar-refractivity contribution in [2.45, 2.75) is 12.5 Å². The Balaban J connectivity index is 2.27. The van der Waals surface area contributed by atoms with Gasteiger partial charge in [-0.1, -0.05) is 0 Å². The van der Waals surface area contributed by atoms with Gasteiger partial charge >= 0.3 is 5.97 Å². The highest BCUT2D eigenvalue weighted by atomic mass is 32.1. The van der Waals surface area contributed by atoms with E-state index in [9.17, 15) is 4.79 Å². The lowest BCUT2D eigenvalue weighted by Gasteiger charge is -2.03. The topological polar surface area (TPSA) is 80.6 Å². The van der Waals surface area contributed by atoms with Crippen molar-refractivity contribution < 1.29 is 9.90 Å². The zero-order chi connectivity index (χ0) is 10.1. The minimum absolute atomic E-state index is 0.250. The van der Waals surface area contributed by atoms with Crippen molar-refractivity contribution in [3.8, 4) is 0 Å². The van der Waals surface area contributed by atoms with Gasteiger partial charge in [0.2, 0.25) is 0 Å². The van der Waals surface area contributed by atoms with Crippen LogP contribution in [0.2, 0.25) is 0 Å². The number of nitrogens with zero attached hydrogens (tertiary/aromatic N) is 2. The minimum atomic E-state index is -1.00. The Bertz CT molecular complexity index is 462. The first-order valence-corrected chi connectivity index (χ1v) is 4.94. The number of hydrogen-bond acceptors (Lipinski definition) is 4. The second-order valence-electron chi connectivity index (χ2n) is 2.93. The molecule has 3 N–H and O–H groups in total. The van der Waals surface area contributed by atoms with E-state index in [0.717, 1.165) is 4.83 Å². The molecule has 14 heavy (non-hydrogen) atoms. The lowest BCUT2D eigenvalue weighted by atomic mass is 10.2. The predicted molar refractivity (Wildman–Crippen MR) is 52.4 cm³/mol. The van der Waals surface area contributed by atoms with Crippen molar-refractivity contribution in [1.29, 1.82) is 0 Å². The quantitative estimate of drug-likeness (QED) is 0.767. The molecule has 0 fully saturated rings. The SMILES string of the molecule is NC(Cc1ncc2sccn12)C(=O)O. The molecule has 0 radical (unpaired) electrons. The Morgan fingerprint density at radius 3 is 3.29 bits per heavy atom. The van der Waals surface area contributed by atoms with Crippen LogP contribution in [0.25, 0.3) is 4.83 Å². The zero-order valence-electron chi connectivity index (χ0n) is 7.25. The summed E-state index contributed by atoms with van der Waals surface area (Å²) in [7, 11) is 0. The summed E-state index contributed by atoms with van der Waals surface area (Å²) in [6.45, 7) is 0. The van der Waals surface area contributed by atoms with E-state index >= 15 is 0 Å². The summed E-state index contributed by atoms with van der Waals surface area (Å²) < 4.78 is 1.85. The third-order valence-electron chi connectivity index (χ3n) is 1.96. The maximum absolute atomic E-state index is 10.5. The molecule has 0 saturated heterocycles. The van der Waals surface area contributed by atoms with Gasteiger partial charge in [0.05, 0.1) is 6.20 Å². The number of carboxylic acid groups (broad SMARTS) is 1. The van der Waals surface area contributed by atoms with Crippen LogP contribution in [0.4, 0.5) is 0 Å². The first kappa shape index (κ1) is 9.17. The van der Waals surface area contributed by atoms with Crippen LogP contribution in [-0.4, -0.2) is 26.5 Å². The first-order valence-electron chi connectivity index (χ1n) is 4.06. The third-order valence-corrected chi connectivity index (χ3v) is 2.76. The lowest BCUT2D eigenvalue weighted by Crippen LogP contribution is -2.32. The summed E-state index contributed by atoms with van der Waals surface area (Å²) in [6.07, 6.45) is 3.83. The van der Waals surface area contributed by atoms with E-state index in [1.54, 1.807) is 17.5 Å². The van der Waals surface area contributed by atoms with Crippen molar-refractivity contribution in [3.05, 3.63) is 23.6 Å². The highest BCUT2D eigenvalue weighted by Gasteiger charge is 2.15. The van der Waals surface area contributed by atoms with E-state index in [0.29, 0.717) is 5.82 Å². The molecule has 6 heteroatoms. The summed E-state index contributed by atoms with van der Waals surface area (Å²) in [4.78, 5) is 15.6. The Labute approximate surface area is 83.8 Å². The summed E-state index contributed by atoms with van der Waals surface area (Å²) in [5.74, 6) is -0.312. The molecule has 2 aromatic rings. The van der Waals surface area contributed by atoms with E-state index < -0.39 is 12.0 Å². The molecular formula is C8H9N3O2S. The van der Waals surface area contributed by atoms with Gasteiger partial charge in [0, 0.05) is 18.0 Å². The normalized spacial score (nSPS) is 13.2. The fraction of sp³-hybridized carbons (Fsp3) is 0.250. The van der Waals surface area contributed by atoms with Crippen molar-refractivity contribution in [2.75, 3.05) is 0 Å². The molecule has 0 spiro atoms. The molecule has 0 amide bonds. The van der Waals surface area contributed by atoms with E-state index in [1.165, 1.54) is 0 Å². The maximum atomic E-state index is 10.5. The van der Waals surface area contributed by atoms with Crippen LogP contribution in [0, 0.1) is 0 Å². The molecule has 2 heterocycles. The van der Waals surface area contributed by atoms with E-state index in [4.69, 9.17) is 10.8 Å². The Morgan fingerprint density at radius 2 is 2.57 bits per heavy atom. The van der Waals surface area contributed by atoms with Crippen molar-refractivity contribution in [1.82, 2.24) is 9.38 Å². The number of carbonyl (C=O) groups is 1. The largest absolute Gasteiger partial charge is 0.480 e. The summed E-state index contributed by atoms with van der Waals surface area (Å²) in [5, 5.41) is 10.6. The van der Waals surface area contributed by atoms with Gasteiger partial charge < -0.3 is 10.8 Å². The third kappa shape index (κ3) is 1.49. The molecule has 2 aromatic heterocycles. The molecule has 1 unspecified atom stereocenters. The molecule has 5 nitrogen and oxygen atoms in total. The van der Waals surface area contributed by atoms with Gasteiger partial charge in [0.1, 0.15) is 16.7 Å². The first-order chi connectivity index (χ1) is 6.68. The molecule has 0 bridgehead atoms. The molecule has 0 saturated carbocycles. The van der Waals surface area contributed by atoms with Crippen LogP contribution in [0.1, 0.15) is 5.82 Å². The number of aliphatic carboxylic acids is 1. The van der Waals surface area contributed by atoms with Gasteiger partial charge in [-0.3, -0.25) is 9.20 Å². The van der Waals surface area contributed by atoms with Crippen LogP contribution in [0.5, 0.6) is 0 Å². The van der Waals surface area contributed by atoms with Gasteiger partial charge in [-0.15, -0.1) is 11.3 Å². The van der Waals surface area contributed by atoms with Crippen LogP contribution >= 0.6 is 11.3 Å². The molecule has 74 valence electrons. The standard InChI is InChI=1S/C8H9N3O2S/c9-5(8(12)13)3-6-10-4-7-11(6)1-2-14-7/h1-2,4-5H,3,9H2,(H,12,13).